The number of carbonyl (C=O) groups is 24. The van der Waals surface area contributed by atoms with Gasteiger partial charge in [0, 0.05) is 83.2 Å². The first-order valence-electron chi connectivity index (χ1n) is 38.4. The van der Waals surface area contributed by atoms with E-state index in [1.54, 1.807) is 27.0 Å². The number of nitrogens with two attached hydrogens (primary N) is 1. The largest absolute Gasteiger partial charge is 0.481 e. The molecule has 0 aliphatic carbocycles. The third kappa shape index (κ3) is 44.6. The molecule has 0 aromatic rings. The van der Waals surface area contributed by atoms with Gasteiger partial charge in [-0.2, -0.15) is 11.8 Å². The minimum atomic E-state index is -2.18. The SMILES string of the molecule is CCNC(=O)[C@H](C)NC(=O)[C@H](CSC)NC(=O)CNC(=O)[C@@H](CC(C)C)NC(=O)[C@@H]1CCCN1C(=O)COCCNC(=O)[C@@H](CCC(=O)O)NC(=O)[C@@H](CCC(=O)O)NC(=O)[C@@H](CCC(=O)O)NC(=O)[C@@H](CCC(=O)O)NC(=O)[C@@H](CCC(=O)O)NC(=O)[C@@H](CCC(=O)O)NC(=O)[C@@H](CCC(=O)O)NC(=O)[C@@H](CCC(=O)O)NC(=O)[C@H](N)CCC(=O)O. The van der Waals surface area contributed by atoms with Crippen LogP contribution in [-0.4, -0.2) is 323 Å². The van der Waals surface area contributed by atoms with Crippen LogP contribution >= 0.6 is 11.8 Å². The Morgan fingerprint density at radius 2 is 0.689 bits per heavy atom. The second-order valence-corrected chi connectivity index (χ2v) is 29.1. The van der Waals surface area contributed by atoms with Gasteiger partial charge in [-0.25, -0.2) is 0 Å². The third-order valence-electron chi connectivity index (χ3n) is 17.7. The van der Waals surface area contributed by atoms with Crippen molar-refractivity contribution in [1.82, 2.24) is 79.3 Å². The average Bonchev–Trinajstić information content (AvgIpc) is 1.66. The second kappa shape index (κ2) is 56.9. The molecule has 1 heterocycles. The number of likely N-dealkylation sites (tertiary alicyclic amines) is 1. The number of nitrogens with one attached hydrogen (secondary N) is 14. The minimum absolute atomic E-state index is 0.0630. The van der Waals surface area contributed by atoms with Gasteiger partial charge in [0.1, 0.15) is 79.1 Å². The molecule has 1 aliphatic rings. The van der Waals surface area contributed by atoms with Gasteiger partial charge in [0.05, 0.1) is 19.2 Å². The number of thioether (sulfide) groups is 1. The summed E-state index contributed by atoms with van der Waals surface area (Å²) in [6, 6.07) is -22.4. The van der Waals surface area contributed by atoms with Crippen molar-refractivity contribution >= 4 is 154 Å². The molecule has 0 saturated carbocycles. The molecule has 1 fully saturated rings. The fourth-order valence-electron chi connectivity index (χ4n) is 11.4. The van der Waals surface area contributed by atoms with E-state index in [0.717, 1.165) is 0 Å². The Labute approximate surface area is 700 Å². The molecule has 0 unspecified atom stereocenters. The van der Waals surface area contributed by atoms with Gasteiger partial charge in [-0.05, 0) is 103 Å². The zero-order valence-corrected chi connectivity index (χ0v) is 68.4. The lowest BCUT2D eigenvalue weighted by Gasteiger charge is -2.28. The van der Waals surface area contributed by atoms with Crippen molar-refractivity contribution in [2.75, 3.05) is 51.4 Å². The summed E-state index contributed by atoms with van der Waals surface area (Å²) >= 11 is 1.23. The average molecular weight is 1760 g/mol. The molecule has 0 radical (unpaired) electrons. The lowest BCUT2D eigenvalue weighted by Crippen LogP contribution is -2.60. The highest BCUT2D eigenvalue weighted by Gasteiger charge is 2.40. The number of carboxylic acid groups (broad SMARTS) is 9. The summed E-state index contributed by atoms with van der Waals surface area (Å²) < 4.78 is 5.48. The van der Waals surface area contributed by atoms with E-state index in [4.69, 9.17) is 15.6 Å². The molecule has 25 N–H and O–H groups in total. The van der Waals surface area contributed by atoms with Crippen LogP contribution in [0.3, 0.4) is 0 Å². The number of likely N-dealkylation sites (N-methyl/N-ethyl adjacent to an activating group) is 1. The first-order chi connectivity index (χ1) is 57.2. The Kier molecular flexibility index (Phi) is 50.2. The molecule has 13 atom stereocenters. The maximum atomic E-state index is 14.2. The van der Waals surface area contributed by atoms with Crippen LogP contribution in [0, 0.1) is 5.92 Å². The monoisotopic (exact) mass is 1760 g/mol. The molecular formula is C71H110N16O34S. The molecule has 0 aromatic heterocycles. The van der Waals surface area contributed by atoms with E-state index < -0.39 is 363 Å². The minimum Gasteiger partial charge on any atom is -0.481 e. The fraction of sp³-hybridized carbons (Fsp3) is 0.662. The lowest BCUT2D eigenvalue weighted by atomic mass is 10.0. The molecule has 50 nitrogen and oxygen atoms in total. The summed E-state index contributed by atoms with van der Waals surface area (Å²) in [6.07, 6.45) is -13.3. The smallest absolute Gasteiger partial charge is 0.303 e. The van der Waals surface area contributed by atoms with Crippen LogP contribution in [0.4, 0.5) is 0 Å². The number of rotatable bonds is 63. The van der Waals surface area contributed by atoms with Crippen molar-refractivity contribution in [2.24, 2.45) is 11.7 Å². The maximum absolute atomic E-state index is 14.2. The number of amides is 15. The first kappa shape index (κ1) is 108. The standard InChI is InChI=1S/C71H110N16O34S/c1-6-73-59(108)35(4)76-70(119)46(33-122-5)77-48(88)31-75-62(111)45(30-34(2)3)86-71(120)47-8-7-28-87(47)49(89)32-121-29-27-74-61(110)37(10-19-51(92)93)79-64(113)39(12-21-53(96)97)81-66(115)41(14-23-55(100)101)83-68(117)43(16-25-57(104)105)85-69(118)44(17-26-58(106)107)84-67(116)42(15-24-56(102)103)82-65(114)40(13-22-54(98)99)80-63(112)38(11-20-52(94)95)78-60(109)36(72)9-18-50(90)91/h34-47H,6-33,72H2,1-5H3,(H,73,108)(H,74,110)(H,75,111)(H,76,119)(H,77,88)(H,78,109)(H,79,113)(H,80,112)(H,81,115)(H,82,114)(H,83,117)(H,84,116)(H,85,118)(H,86,120)(H,90,91)(H,92,93)(H,94,95)(H,96,97)(H,98,99)(H,100,101)(H,102,103)(H,104,105)(H,106,107)/t35-,36+,37+,38+,39+,40+,41+,42+,43+,44+,45+,46-,47-/m0/s1. The van der Waals surface area contributed by atoms with Crippen LogP contribution in [0.5, 0.6) is 0 Å². The maximum Gasteiger partial charge on any atom is 0.303 e. The number of ether oxygens (including phenoxy) is 1. The molecule has 0 spiro atoms. The van der Waals surface area contributed by atoms with Crippen LogP contribution < -0.4 is 80.2 Å². The fourth-order valence-corrected chi connectivity index (χ4v) is 12.0. The summed E-state index contributed by atoms with van der Waals surface area (Å²) in [5, 5.41) is 117. The molecule has 0 aromatic carbocycles. The molecule has 1 rings (SSSR count). The van der Waals surface area contributed by atoms with Gasteiger partial charge >= 0.3 is 53.7 Å². The van der Waals surface area contributed by atoms with Crippen molar-refractivity contribution in [2.45, 2.75) is 241 Å². The number of nitrogens with zero attached hydrogens (tertiary/aromatic N) is 1. The lowest BCUT2D eigenvalue weighted by molar-refractivity contribution is -0.142. The topological polar surface area (TPSA) is 799 Å². The Hall–Kier alpha value is -12.4. The first-order valence-corrected chi connectivity index (χ1v) is 39.8. The molecule has 51 heteroatoms. The Morgan fingerprint density at radius 1 is 0.377 bits per heavy atom. The van der Waals surface area contributed by atoms with E-state index in [0.29, 0.717) is 13.0 Å². The zero-order chi connectivity index (χ0) is 92.6. The van der Waals surface area contributed by atoms with Crippen LogP contribution in [0.15, 0.2) is 0 Å². The van der Waals surface area contributed by atoms with Crippen molar-refractivity contribution in [3.05, 3.63) is 0 Å². The van der Waals surface area contributed by atoms with Gasteiger partial charge in [-0.15, -0.1) is 0 Å². The van der Waals surface area contributed by atoms with Gasteiger partial charge in [-0.1, -0.05) is 13.8 Å². The number of carboxylic acids is 9. The summed E-state index contributed by atoms with van der Waals surface area (Å²) in [4.78, 5) is 311. The summed E-state index contributed by atoms with van der Waals surface area (Å²) in [5.74, 6) is -31.0. The van der Waals surface area contributed by atoms with Crippen molar-refractivity contribution in [3.63, 3.8) is 0 Å². The molecule has 122 heavy (non-hydrogen) atoms. The number of hydrogen-bond acceptors (Lipinski definition) is 27. The van der Waals surface area contributed by atoms with Crippen LogP contribution in [-0.2, 0) is 120 Å². The van der Waals surface area contributed by atoms with Crippen LogP contribution in [0.1, 0.15) is 163 Å². The normalized spacial score (nSPS) is 15.1. The van der Waals surface area contributed by atoms with Crippen molar-refractivity contribution in [3.8, 4) is 0 Å². The number of carbonyl (C=O) groups excluding carboxylic acids is 15. The van der Waals surface area contributed by atoms with E-state index in [1.807, 2.05) is 5.32 Å². The Morgan fingerprint density at radius 3 is 1.01 bits per heavy atom. The van der Waals surface area contributed by atoms with E-state index in [2.05, 4.69) is 69.1 Å². The molecule has 1 saturated heterocycles. The summed E-state index contributed by atoms with van der Waals surface area (Å²) in [5.41, 5.74) is 5.73. The van der Waals surface area contributed by atoms with Crippen molar-refractivity contribution in [1.29, 1.82) is 0 Å². The predicted molar refractivity (Wildman–Crippen MR) is 415 cm³/mol. The Balaban J connectivity index is 3.50. The number of hydrogen-bond donors (Lipinski definition) is 24. The molecule has 0 bridgehead atoms. The molecule has 1 aliphatic heterocycles. The molecule has 15 amide bonds. The number of aliphatic carboxylic acids is 9. The highest BCUT2D eigenvalue weighted by Crippen LogP contribution is 2.20. The van der Waals surface area contributed by atoms with Gasteiger partial charge in [0.25, 0.3) is 0 Å². The molecular weight excluding hydrogens is 1650 g/mol. The van der Waals surface area contributed by atoms with E-state index in [1.165, 1.54) is 23.6 Å². The summed E-state index contributed by atoms with van der Waals surface area (Å²) in [7, 11) is 0. The van der Waals surface area contributed by atoms with Crippen molar-refractivity contribution < 1.29 is 166 Å². The highest BCUT2D eigenvalue weighted by molar-refractivity contribution is 7.98. The Bertz CT molecular complexity index is 3740. The predicted octanol–water partition coefficient (Wildman–Crippen LogP) is -7.77. The van der Waals surface area contributed by atoms with Gasteiger partial charge in [0.2, 0.25) is 88.6 Å². The summed E-state index contributed by atoms with van der Waals surface area (Å²) in [6.45, 7) is 4.83. The van der Waals surface area contributed by atoms with E-state index in [9.17, 15) is 156 Å². The second-order valence-electron chi connectivity index (χ2n) is 28.2. The third-order valence-corrected chi connectivity index (χ3v) is 18.4. The van der Waals surface area contributed by atoms with Crippen LogP contribution in [0.2, 0.25) is 0 Å². The highest BCUT2D eigenvalue weighted by atomic mass is 32.2. The van der Waals surface area contributed by atoms with E-state index in [-0.39, 0.29) is 31.1 Å². The van der Waals surface area contributed by atoms with E-state index >= 15 is 0 Å². The zero-order valence-electron chi connectivity index (χ0n) is 67.5. The van der Waals surface area contributed by atoms with Gasteiger partial charge in [0.15, 0.2) is 0 Å². The molecule has 684 valence electrons. The van der Waals surface area contributed by atoms with Gasteiger partial charge < -0.3 is 136 Å². The van der Waals surface area contributed by atoms with Crippen LogP contribution in [0.25, 0.3) is 0 Å². The quantitative estimate of drug-likeness (QED) is 0.0252. The van der Waals surface area contributed by atoms with Gasteiger partial charge in [-0.3, -0.25) is 115 Å².